The Hall–Kier alpha value is -2.35. The minimum Gasteiger partial charge on any atom is -0.473 e. The van der Waals surface area contributed by atoms with Crippen LogP contribution in [0.25, 0.3) is 11.1 Å². The summed E-state index contributed by atoms with van der Waals surface area (Å²) in [6.45, 7) is -4.90. The molecule has 3 rings (SSSR count). The molecular weight excluding hydrogens is 568 g/mol. The Labute approximate surface area is 213 Å². The number of halogens is 2. The molecule has 10 nitrogen and oxygen atoms in total. The number of benzene rings is 1. The highest BCUT2D eigenvalue weighted by Gasteiger charge is 2.19. The van der Waals surface area contributed by atoms with E-state index in [2.05, 4.69) is 61.2 Å². The summed E-state index contributed by atoms with van der Waals surface area (Å²) < 4.78 is 106. The Morgan fingerprint density at radius 3 is 2.41 bits per heavy atom. The van der Waals surface area contributed by atoms with Crippen molar-refractivity contribution in [3.63, 3.8) is 0 Å². The number of nitrogens with one attached hydrogen (secondary N) is 2. The second-order valence-electron chi connectivity index (χ2n) is 5.68. The summed E-state index contributed by atoms with van der Waals surface area (Å²) >= 11 is 6.08. The molecule has 2 heterocycles. The van der Waals surface area contributed by atoms with Gasteiger partial charge in [0.05, 0.1) is 21.0 Å². The molecule has 0 aliphatic carbocycles. The molecule has 0 unspecified atom stereocenters. The highest BCUT2D eigenvalue weighted by Crippen LogP contribution is 2.34. The van der Waals surface area contributed by atoms with Crippen LogP contribution in [0.15, 0.2) is 51.8 Å². The van der Waals surface area contributed by atoms with Crippen molar-refractivity contribution >= 4 is 47.9 Å². The van der Waals surface area contributed by atoms with Crippen molar-refractivity contribution in [1.82, 2.24) is 24.7 Å². The standard InChI is InChI=1S/C19H20Br2N6O4S/c1-2-7-26-32(28,29)27-17-16(13-3-5-14(20)6-4-13)18(25-12-24-17)30-8-9-31-19-22-10-15(21)11-23-19/h3-6,10-12,26H,2,7-9H2,1H3,(H,24,25,27)/i3D,4D,5D,6D,8D2,9D2. The maximum absolute atomic E-state index is 12.6. The van der Waals surface area contributed by atoms with Gasteiger partial charge in [-0.15, -0.1) is 0 Å². The van der Waals surface area contributed by atoms with Crippen molar-refractivity contribution in [3.05, 3.63) is 51.8 Å². The van der Waals surface area contributed by atoms with E-state index in [1.165, 1.54) is 12.4 Å². The van der Waals surface area contributed by atoms with Gasteiger partial charge in [-0.2, -0.15) is 13.1 Å². The molecule has 0 saturated carbocycles. The van der Waals surface area contributed by atoms with Crippen LogP contribution in [-0.4, -0.2) is 48.0 Å². The smallest absolute Gasteiger partial charge is 0.316 e. The molecule has 32 heavy (non-hydrogen) atoms. The molecule has 0 spiro atoms. The first kappa shape index (κ1) is 15.5. The highest BCUT2D eigenvalue weighted by atomic mass is 79.9. The van der Waals surface area contributed by atoms with Crippen molar-refractivity contribution < 1.29 is 28.9 Å². The Bertz CT molecular complexity index is 1490. The van der Waals surface area contributed by atoms with Gasteiger partial charge in [0.1, 0.15) is 19.4 Å². The van der Waals surface area contributed by atoms with Crippen LogP contribution < -0.4 is 18.9 Å². The Kier molecular flexibility index (Phi) is 5.56. The first-order valence-corrected chi connectivity index (χ1v) is 11.8. The molecule has 0 saturated heterocycles. The van der Waals surface area contributed by atoms with Gasteiger partial charge in [0.25, 0.3) is 10.2 Å². The van der Waals surface area contributed by atoms with E-state index in [9.17, 15) is 8.42 Å². The van der Waals surface area contributed by atoms with Crippen molar-refractivity contribution in [2.24, 2.45) is 0 Å². The normalized spacial score (nSPS) is 15.7. The molecule has 3 aromatic rings. The number of anilines is 1. The summed E-state index contributed by atoms with van der Waals surface area (Å²) in [5.41, 5.74) is -1.14. The molecule has 2 N–H and O–H groups in total. The molecule has 0 amide bonds. The number of aromatic nitrogens is 4. The van der Waals surface area contributed by atoms with Gasteiger partial charge < -0.3 is 9.47 Å². The molecule has 13 heteroatoms. The van der Waals surface area contributed by atoms with Crippen molar-refractivity contribution in [2.75, 3.05) is 24.4 Å². The Morgan fingerprint density at radius 1 is 1.03 bits per heavy atom. The van der Waals surface area contributed by atoms with Gasteiger partial charge in [0.15, 0.2) is 5.82 Å². The second kappa shape index (κ2) is 11.5. The van der Waals surface area contributed by atoms with Gasteiger partial charge in [-0.3, -0.25) is 4.72 Å². The second-order valence-corrected chi connectivity index (χ2v) is 8.89. The predicted molar refractivity (Wildman–Crippen MR) is 127 cm³/mol. The van der Waals surface area contributed by atoms with Crippen molar-refractivity contribution in [1.29, 1.82) is 0 Å². The largest absolute Gasteiger partial charge is 0.473 e. The van der Waals surface area contributed by atoms with Crippen LogP contribution in [0.4, 0.5) is 5.82 Å². The molecular formula is C19H20Br2N6O4S. The SMILES string of the molecule is [2H]c1c([2H])c(-c2c(NS(=O)(=O)NCCC)ncnc2OC([2H])([2H])C([2H])([2H])Oc2ncc(Br)cn2)c([2H])c([2H])c1Br. The van der Waals surface area contributed by atoms with Crippen LogP contribution in [0.3, 0.4) is 0 Å². The minimum atomic E-state index is -4.30. The summed E-state index contributed by atoms with van der Waals surface area (Å²) in [4.78, 5) is 15.1. The average molecular weight is 596 g/mol. The highest BCUT2D eigenvalue weighted by molar-refractivity contribution is 9.10. The van der Waals surface area contributed by atoms with Crippen LogP contribution in [0.2, 0.25) is 0 Å². The topological polar surface area (TPSA) is 128 Å². The summed E-state index contributed by atoms with van der Waals surface area (Å²) in [5.74, 6) is -1.41. The zero-order valence-corrected chi connectivity index (χ0v) is 20.2. The van der Waals surface area contributed by atoms with Crippen LogP contribution in [0.1, 0.15) is 24.3 Å². The number of nitrogens with zero attached hydrogens (tertiary/aromatic N) is 4. The van der Waals surface area contributed by atoms with E-state index in [4.69, 9.17) is 20.4 Å². The third kappa shape index (κ3) is 7.08. The summed E-state index contributed by atoms with van der Waals surface area (Å²) in [7, 11) is -4.30. The van der Waals surface area contributed by atoms with E-state index in [0.29, 0.717) is 10.9 Å². The third-order valence-electron chi connectivity index (χ3n) is 3.36. The van der Waals surface area contributed by atoms with E-state index in [0.717, 1.165) is 6.33 Å². The summed E-state index contributed by atoms with van der Waals surface area (Å²) in [5, 5.41) is 0. The minimum absolute atomic E-state index is 0.0384. The van der Waals surface area contributed by atoms with Crippen LogP contribution in [0.5, 0.6) is 11.9 Å². The third-order valence-corrected chi connectivity index (χ3v) is 5.21. The lowest BCUT2D eigenvalue weighted by atomic mass is 10.1. The maximum Gasteiger partial charge on any atom is 0.316 e. The molecule has 1 aromatic carbocycles. The fraction of sp³-hybridized carbons (Fsp3) is 0.263. The number of hydrogen-bond acceptors (Lipinski definition) is 8. The van der Waals surface area contributed by atoms with Crippen molar-refractivity contribution in [3.8, 4) is 23.0 Å². The zero-order chi connectivity index (χ0) is 30.0. The fourth-order valence-corrected chi connectivity index (χ4v) is 3.42. The van der Waals surface area contributed by atoms with Crippen LogP contribution in [0, 0.1) is 0 Å². The quantitative estimate of drug-likeness (QED) is 0.344. The van der Waals surface area contributed by atoms with Gasteiger partial charge in [-0.25, -0.2) is 19.9 Å². The average Bonchev–Trinajstić information content (AvgIpc) is 2.87. The van der Waals surface area contributed by atoms with Crippen LogP contribution in [-0.2, 0) is 10.2 Å². The maximum atomic E-state index is 12.6. The molecule has 0 aliphatic rings. The fourth-order valence-electron chi connectivity index (χ4n) is 2.06. The van der Waals surface area contributed by atoms with E-state index in [-0.39, 0.29) is 11.0 Å². The molecule has 0 bridgehead atoms. The lowest BCUT2D eigenvalue weighted by Crippen LogP contribution is -2.31. The van der Waals surface area contributed by atoms with E-state index < -0.39 is 76.3 Å². The number of rotatable bonds is 11. The monoisotopic (exact) mass is 594 g/mol. The summed E-state index contributed by atoms with van der Waals surface area (Å²) in [6, 6.07) is -2.96. The van der Waals surface area contributed by atoms with Gasteiger partial charge in [-0.1, -0.05) is 34.9 Å². The first-order valence-electron chi connectivity index (χ1n) is 12.8. The zero-order valence-electron chi connectivity index (χ0n) is 24.2. The molecule has 0 aliphatic heterocycles. The predicted octanol–water partition coefficient (Wildman–Crippen LogP) is 3.57. The Balaban J connectivity index is 2.20. The van der Waals surface area contributed by atoms with Gasteiger partial charge in [-0.05, 0) is 40.0 Å². The van der Waals surface area contributed by atoms with Crippen LogP contribution >= 0.6 is 31.9 Å². The lowest BCUT2D eigenvalue weighted by Gasteiger charge is -2.15. The number of ether oxygens (including phenoxy) is 2. The van der Waals surface area contributed by atoms with E-state index in [1.807, 2.05) is 0 Å². The van der Waals surface area contributed by atoms with E-state index in [1.54, 1.807) is 6.92 Å². The van der Waals surface area contributed by atoms with Crippen molar-refractivity contribution in [2.45, 2.75) is 13.3 Å². The van der Waals surface area contributed by atoms with Gasteiger partial charge >= 0.3 is 6.01 Å². The van der Waals surface area contributed by atoms with Gasteiger partial charge in [0, 0.05) is 23.4 Å². The summed E-state index contributed by atoms with van der Waals surface area (Å²) in [6.07, 6.45) is 3.68. The van der Waals surface area contributed by atoms with E-state index >= 15 is 0 Å². The Morgan fingerprint density at radius 2 is 1.72 bits per heavy atom. The molecule has 0 fully saturated rings. The number of hydrogen-bond donors (Lipinski definition) is 2. The molecule has 0 atom stereocenters. The first-order chi connectivity index (χ1) is 18.5. The molecule has 2 aromatic heterocycles. The molecule has 170 valence electrons. The lowest BCUT2D eigenvalue weighted by molar-refractivity contribution is 0.202. The van der Waals surface area contributed by atoms with Gasteiger partial charge in [0.2, 0.25) is 5.88 Å². The molecule has 0 radical (unpaired) electrons.